The molecule has 0 fully saturated rings. The highest BCUT2D eigenvalue weighted by molar-refractivity contribution is 7.91. The van der Waals surface area contributed by atoms with E-state index < -0.39 is 15.8 Å². The maximum absolute atomic E-state index is 12.3. The SMILES string of the molecule is COC(=O)c1c2c(cn1C)S(=O)(=O)CN(C(C)=O)CC2. The standard InChI is InChI=1S/C12H16N2O5S/c1-8(15)14-5-4-9-10(20(17,18)7-14)6-13(2)11(9)12(16)19-3/h6H,4-5,7H2,1-3H3. The Kier molecular flexibility index (Phi) is 3.59. The van der Waals surface area contributed by atoms with Gasteiger partial charge >= 0.3 is 5.97 Å². The molecule has 0 atom stereocenters. The van der Waals surface area contributed by atoms with Gasteiger partial charge < -0.3 is 14.2 Å². The summed E-state index contributed by atoms with van der Waals surface area (Å²) in [4.78, 5) is 24.6. The molecule has 110 valence electrons. The Labute approximate surface area is 117 Å². The van der Waals surface area contributed by atoms with Crippen molar-refractivity contribution >= 4 is 21.7 Å². The number of ether oxygens (including phenoxy) is 1. The molecule has 0 N–H and O–H groups in total. The molecule has 7 nitrogen and oxygen atoms in total. The number of aryl methyl sites for hydroxylation is 1. The largest absolute Gasteiger partial charge is 0.464 e. The first-order valence-corrected chi connectivity index (χ1v) is 7.68. The fourth-order valence-corrected chi connectivity index (χ4v) is 4.11. The van der Waals surface area contributed by atoms with E-state index in [0.29, 0.717) is 12.0 Å². The van der Waals surface area contributed by atoms with Gasteiger partial charge in [-0.25, -0.2) is 13.2 Å². The zero-order valence-corrected chi connectivity index (χ0v) is 12.4. The molecule has 2 rings (SSSR count). The number of carbonyl (C=O) groups excluding carboxylic acids is 2. The summed E-state index contributed by atoms with van der Waals surface area (Å²) in [6.45, 7) is 1.59. The number of carbonyl (C=O) groups is 2. The summed E-state index contributed by atoms with van der Waals surface area (Å²) in [5.41, 5.74) is 0.638. The Morgan fingerprint density at radius 3 is 2.55 bits per heavy atom. The second-order valence-corrected chi connectivity index (χ2v) is 6.63. The topological polar surface area (TPSA) is 85.7 Å². The van der Waals surface area contributed by atoms with Crippen LogP contribution in [0.5, 0.6) is 0 Å². The van der Waals surface area contributed by atoms with E-state index >= 15 is 0 Å². The van der Waals surface area contributed by atoms with Crippen LogP contribution in [0.4, 0.5) is 0 Å². The summed E-state index contributed by atoms with van der Waals surface area (Å²) >= 11 is 0. The van der Waals surface area contributed by atoms with Gasteiger partial charge in [0, 0.05) is 32.3 Å². The first-order valence-electron chi connectivity index (χ1n) is 6.02. The minimum Gasteiger partial charge on any atom is -0.464 e. The van der Waals surface area contributed by atoms with Crippen LogP contribution >= 0.6 is 0 Å². The number of sulfone groups is 1. The van der Waals surface area contributed by atoms with E-state index in [4.69, 9.17) is 0 Å². The van der Waals surface area contributed by atoms with Crippen molar-refractivity contribution in [3.05, 3.63) is 17.5 Å². The van der Waals surface area contributed by atoms with E-state index in [1.807, 2.05) is 0 Å². The lowest BCUT2D eigenvalue weighted by Crippen LogP contribution is -2.33. The molecule has 0 radical (unpaired) electrons. The zero-order chi connectivity index (χ0) is 15.1. The monoisotopic (exact) mass is 300 g/mol. The van der Waals surface area contributed by atoms with Crippen LogP contribution in [0, 0.1) is 0 Å². The molecule has 8 heteroatoms. The number of hydrogen-bond acceptors (Lipinski definition) is 5. The van der Waals surface area contributed by atoms with Gasteiger partial charge in [-0.05, 0) is 6.42 Å². The molecular weight excluding hydrogens is 284 g/mol. The fraction of sp³-hybridized carbons (Fsp3) is 0.500. The van der Waals surface area contributed by atoms with Gasteiger partial charge in [0.2, 0.25) is 5.91 Å². The van der Waals surface area contributed by atoms with Crippen LogP contribution in [0.3, 0.4) is 0 Å². The quantitative estimate of drug-likeness (QED) is 0.679. The van der Waals surface area contributed by atoms with Crippen molar-refractivity contribution in [2.24, 2.45) is 7.05 Å². The van der Waals surface area contributed by atoms with E-state index in [-0.39, 0.29) is 28.9 Å². The molecule has 0 spiro atoms. The lowest BCUT2D eigenvalue weighted by atomic mass is 10.1. The molecule has 0 bridgehead atoms. The van der Waals surface area contributed by atoms with E-state index in [9.17, 15) is 18.0 Å². The number of nitrogens with zero attached hydrogens (tertiary/aromatic N) is 2. The van der Waals surface area contributed by atoms with Crippen molar-refractivity contribution in [1.29, 1.82) is 0 Å². The van der Waals surface area contributed by atoms with Crippen LogP contribution in [0.2, 0.25) is 0 Å². The normalized spacial score (nSPS) is 17.2. The summed E-state index contributed by atoms with van der Waals surface area (Å²) in [5, 5.41) is 0. The molecule has 1 aromatic heterocycles. The molecule has 0 aromatic carbocycles. The summed E-state index contributed by atoms with van der Waals surface area (Å²) in [6.07, 6.45) is 1.71. The highest BCUT2D eigenvalue weighted by Gasteiger charge is 2.33. The minimum absolute atomic E-state index is 0.101. The van der Waals surface area contributed by atoms with E-state index in [2.05, 4.69) is 4.74 Å². The summed E-state index contributed by atoms with van der Waals surface area (Å²) in [7, 11) is -0.798. The lowest BCUT2D eigenvalue weighted by molar-refractivity contribution is -0.127. The van der Waals surface area contributed by atoms with Crippen molar-refractivity contribution in [1.82, 2.24) is 9.47 Å². The summed E-state index contributed by atoms with van der Waals surface area (Å²) in [6, 6.07) is 0. The predicted molar refractivity (Wildman–Crippen MR) is 69.9 cm³/mol. The Balaban J connectivity index is 2.58. The maximum Gasteiger partial charge on any atom is 0.354 e. The lowest BCUT2D eigenvalue weighted by Gasteiger charge is -2.17. The Morgan fingerprint density at radius 1 is 1.35 bits per heavy atom. The second-order valence-electron chi connectivity index (χ2n) is 4.70. The van der Waals surface area contributed by atoms with Crippen LogP contribution in [0.15, 0.2) is 11.1 Å². The van der Waals surface area contributed by atoms with Crippen LogP contribution in [0.25, 0.3) is 0 Å². The average Bonchev–Trinajstić information content (AvgIpc) is 2.64. The predicted octanol–water partition coefficient (Wildman–Crippen LogP) is -0.0525. The number of esters is 1. The van der Waals surface area contributed by atoms with Crippen molar-refractivity contribution in [2.75, 3.05) is 19.5 Å². The molecule has 0 aliphatic carbocycles. The highest BCUT2D eigenvalue weighted by atomic mass is 32.2. The maximum atomic E-state index is 12.3. The van der Waals surface area contributed by atoms with Gasteiger partial charge in [-0.3, -0.25) is 4.79 Å². The van der Waals surface area contributed by atoms with Crippen LogP contribution < -0.4 is 0 Å². The van der Waals surface area contributed by atoms with Gasteiger partial charge in [0.25, 0.3) is 0 Å². The number of hydrogen-bond donors (Lipinski definition) is 0. The molecule has 0 saturated heterocycles. The highest BCUT2D eigenvalue weighted by Crippen LogP contribution is 2.27. The van der Waals surface area contributed by atoms with Gasteiger partial charge in [-0.15, -0.1) is 0 Å². The van der Waals surface area contributed by atoms with Gasteiger partial charge in [-0.2, -0.15) is 0 Å². The van der Waals surface area contributed by atoms with Crippen molar-refractivity contribution in [3.8, 4) is 0 Å². The zero-order valence-electron chi connectivity index (χ0n) is 11.5. The average molecular weight is 300 g/mol. The molecule has 1 aliphatic heterocycles. The first-order chi connectivity index (χ1) is 9.27. The fourth-order valence-electron chi connectivity index (χ4n) is 2.36. The second kappa shape index (κ2) is 4.93. The van der Waals surface area contributed by atoms with Gasteiger partial charge in [0.1, 0.15) is 11.6 Å². The molecule has 20 heavy (non-hydrogen) atoms. The molecule has 0 unspecified atom stereocenters. The van der Waals surface area contributed by atoms with Gasteiger partial charge in [-0.1, -0.05) is 0 Å². The number of amides is 1. The molecule has 1 aromatic rings. The van der Waals surface area contributed by atoms with Crippen molar-refractivity contribution < 1.29 is 22.7 Å². The molecule has 1 amide bonds. The molecule has 0 saturated carbocycles. The van der Waals surface area contributed by atoms with E-state index in [0.717, 1.165) is 0 Å². The smallest absolute Gasteiger partial charge is 0.354 e. The van der Waals surface area contributed by atoms with Crippen LogP contribution in [0.1, 0.15) is 23.0 Å². The summed E-state index contributed by atoms with van der Waals surface area (Å²) in [5.74, 6) is -1.25. The third kappa shape index (κ3) is 2.31. The van der Waals surface area contributed by atoms with Gasteiger partial charge in [0.15, 0.2) is 9.84 Å². The molecule has 2 heterocycles. The summed E-state index contributed by atoms with van der Waals surface area (Å²) < 4.78 is 30.8. The number of methoxy groups -OCH3 is 1. The molecule has 1 aliphatic rings. The Hall–Kier alpha value is -1.83. The van der Waals surface area contributed by atoms with Crippen LogP contribution in [-0.4, -0.2) is 49.3 Å². The van der Waals surface area contributed by atoms with Crippen molar-refractivity contribution in [3.63, 3.8) is 0 Å². The number of rotatable bonds is 1. The third-order valence-corrected chi connectivity index (χ3v) is 5.04. The molecular formula is C12H16N2O5S. The minimum atomic E-state index is -3.64. The number of fused-ring (bicyclic) bond motifs is 1. The van der Waals surface area contributed by atoms with E-state index in [1.54, 1.807) is 7.05 Å². The third-order valence-electron chi connectivity index (χ3n) is 3.36. The Bertz CT molecular complexity index is 674. The van der Waals surface area contributed by atoms with Crippen molar-refractivity contribution in [2.45, 2.75) is 18.2 Å². The number of aromatic nitrogens is 1. The van der Waals surface area contributed by atoms with E-state index in [1.165, 1.54) is 29.7 Å². The Morgan fingerprint density at radius 2 is 2.00 bits per heavy atom. The van der Waals surface area contributed by atoms with Crippen LogP contribution in [-0.2, 0) is 32.8 Å². The van der Waals surface area contributed by atoms with Gasteiger partial charge in [0.05, 0.1) is 12.0 Å². The first kappa shape index (κ1) is 14.6.